The van der Waals surface area contributed by atoms with Crippen LogP contribution in [-0.2, 0) is 16.1 Å². The SMILES string of the molecule is Cc1cc(Cl)cc(C(=O)N=S2(=O)CCCCC2)c1CC(=O)c1cc(Br)nn1-c1ccccc1Cl. The van der Waals surface area contributed by atoms with E-state index in [2.05, 4.69) is 25.4 Å². The van der Waals surface area contributed by atoms with Crippen LogP contribution in [0.1, 0.15) is 51.2 Å². The lowest BCUT2D eigenvalue weighted by Gasteiger charge is -2.16. The number of nitrogens with zero attached hydrogens (tertiary/aromatic N) is 3. The summed E-state index contributed by atoms with van der Waals surface area (Å²) in [6.45, 7) is 1.78. The van der Waals surface area contributed by atoms with Gasteiger partial charge in [-0.25, -0.2) is 8.89 Å². The highest BCUT2D eigenvalue weighted by molar-refractivity contribution is 9.10. The highest BCUT2D eigenvalue weighted by Crippen LogP contribution is 2.27. The molecule has 0 atom stereocenters. The molecule has 0 spiro atoms. The van der Waals surface area contributed by atoms with E-state index in [4.69, 9.17) is 23.2 Å². The van der Waals surface area contributed by atoms with Crippen molar-refractivity contribution in [3.8, 4) is 5.69 Å². The molecule has 10 heteroatoms. The number of aryl methyl sites for hydroxylation is 1. The second kappa shape index (κ2) is 10.3. The minimum absolute atomic E-state index is 0.0800. The monoisotopic (exact) mass is 581 g/mol. The van der Waals surface area contributed by atoms with Crippen molar-refractivity contribution in [2.24, 2.45) is 4.36 Å². The van der Waals surface area contributed by atoms with Crippen LogP contribution in [0.15, 0.2) is 51.4 Å². The van der Waals surface area contributed by atoms with Gasteiger partial charge in [-0.15, -0.1) is 0 Å². The highest BCUT2D eigenvalue weighted by Gasteiger charge is 2.24. The third-order valence-corrected chi connectivity index (χ3v) is 9.00. The van der Waals surface area contributed by atoms with Crippen LogP contribution in [0, 0.1) is 6.92 Å². The molecule has 1 aromatic heterocycles. The lowest BCUT2D eigenvalue weighted by atomic mass is 9.96. The van der Waals surface area contributed by atoms with Gasteiger partial charge in [0.1, 0.15) is 10.3 Å². The molecule has 2 heterocycles. The van der Waals surface area contributed by atoms with E-state index in [9.17, 15) is 13.8 Å². The smallest absolute Gasteiger partial charge is 0.285 e. The molecule has 0 unspecified atom stereocenters. The lowest BCUT2D eigenvalue weighted by molar-refractivity contribution is 0.0984. The lowest BCUT2D eigenvalue weighted by Crippen LogP contribution is -2.19. The fourth-order valence-corrected chi connectivity index (χ4v) is 6.99. The van der Waals surface area contributed by atoms with Gasteiger partial charge in [0.05, 0.1) is 20.4 Å². The molecule has 1 fully saturated rings. The van der Waals surface area contributed by atoms with E-state index in [0.717, 1.165) is 19.3 Å². The van der Waals surface area contributed by atoms with Gasteiger partial charge in [0.25, 0.3) is 5.91 Å². The minimum atomic E-state index is -2.59. The Labute approximate surface area is 217 Å². The number of aromatic nitrogens is 2. The third kappa shape index (κ3) is 5.46. The number of carbonyl (C=O) groups is 2. The van der Waals surface area contributed by atoms with Crippen LogP contribution in [0.5, 0.6) is 0 Å². The average Bonchev–Trinajstić information content (AvgIpc) is 3.17. The first-order valence-electron chi connectivity index (χ1n) is 10.8. The van der Waals surface area contributed by atoms with Crippen LogP contribution in [0.25, 0.3) is 5.69 Å². The number of hydrogen-bond donors (Lipinski definition) is 0. The number of hydrogen-bond acceptors (Lipinski definition) is 4. The number of carbonyl (C=O) groups excluding carboxylic acids is 2. The Morgan fingerprint density at radius 3 is 2.53 bits per heavy atom. The molecule has 178 valence electrons. The van der Waals surface area contributed by atoms with Crippen molar-refractivity contribution in [2.75, 3.05) is 11.5 Å². The summed E-state index contributed by atoms with van der Waals surface area (Å²) < 4.78 is 19.1. The van der Waals surface area contributed by atoms with Gasteiger partial charge in [-0.2, -0.15) is 9.46 Å². The molecule has 1 aliphatic heterocycles. The normalized spacial score (nSPS) is 15.2. The van der Waals surface area contributed by atoms with E-state index >= 15 is 0 Å². The molecule has 0 saturated carbocycles. The molecule has 1 aliphatic rings. The molecular formula is C24H22BrCl2N3O3S. The number of Topliss-reactive ketones (excluding diaryl/α,β-unsaturated/α-hetero) is 1. The van der Waals surface area contributed by atoms with Crippen LogP contribution >= 0.6 is 39.1 Å². The van der Waals surface area contributed by atoms with Crippen molar-refractivity contribution in [1.29, 1.82) is 0 Å². The maximum atomic E-state index is 13.4. The molecule has 0 radical (unpaired) electrons. The summed E-state index contributed by atoms with van der Waals surface area (Å²) in [6.07, 6.45) is 2.49. The fraction of sp³-hybridized carbons (Fsp3) is 0.292. The summed E-state index contributed by atoms with van der Waals surface area (Å²) >= 11 is 15.9. The molecule has 3 aromatic rings. The molecule has 34 heavy (non-hydrogen) atoms. The van der Waals surface area contributed by atoms with E-state index in [-0.39, 0.29) is 17.8 Å². The molecule has 1 saturated heterocycles. The zero-order valence-electron chi connectivity index (χ0n) is 18.4. The second-order valence-corrected chi connectivity index (χ2v) is 12.4. The van der Waals surface area contributed by atoms with Gasteiger partial charge in [0.2, 0.25) is 0 Å². The van der Waals surface area contributed by atoms with Crippen LogP contribution in [-0.4, -0.2) is 37.2 Å². The van der Waals surface area contributed by atoms with E-state index in [1.807, 2.05) is 0 Å². The van der Waals surface area contributed by atoms with E-state index in [0.29, 0.717) is 48.7 Å². The third-order valence-electron chi connectivity index (χ3n) is 5.73. The Hall–Kier alpha value is -2.00. The Bertz CT molecular complexity index is 1400. The van der Waals surface area contributed by atoms with Gasteiger partial charge >= 0.3 is 0 Å². The molecule has 1 amide bonds. The van der Waals surface area contributed by atoms with Crippen molar-refractivity contribution in [2.45, 2.75) is 32.6 Å². The number of para-hydroxylation sites is 1. The standard InChI is InChI=1S/C24H22BrCl2N3O3S/c1-15-11-16(26)12-18(24(32)29-34(33)9-5-2-6-10-34)17(15)13-22(31)21-14-23(25)28-30(21)20-8-4-3-7-19(20)27/h3-4,7-8,11-12,14H,2,5-6,9-10,13H2,1H3. The number of rotatable bonds is 5. The Morgan fingerprint density at radius 1 is 1.12 bits per heavy atom. The summed E-state index contributed by atoms with van der Waals surface area (Å²) in [5, 5.41) is 5.17. The predicted molar refractivity (Wildman–Crippen MR) is 139 cm³/mol. The van der Waals surface area contributed by atoms with E-state index in [1.165, 1.54) is 10.7 Å². The van der Waals surface area contributed by atoms with Gasteiger partial charge in [0.15, 0.2) is 5.78 Å². The van der Waals surface area contributed by atoms with Crippen LogP contribution in [0.2, 0.25) is 10.0 Å². The zero-order chi connectivity index (χ0) is 24.5. The van der Waals surface area contributed by atoms with Crippen LogP contribution in [0.4, 0.5) is 0 Å². The summed E-state index contributed by atoms with van der Waals surface area (Å²) in [6, 6.07) is 11.9. The molecule has 6 nitrogen and oxygen atoms in total. The summed E-state index contributed by atoms with van der Waals surface area (Å²) in [4.78, 5) is 26.6. The van der Waals surface area contributed by atoms with E-state index in [1.54, 1.807) is 43.3 Å². The van der Waals surface area contributed by atoms with Crippen molar-refractivity contribution >= 4 is 60.6 Å². The number of amides is 1. The number of ketones is 1. The summed E-state index contributed by atoms with van der Waals surface area (Å²) in [5.41, 5.74) is 2.26. The number of benzene rings is 2. The second-order valence-electron chi connectivity index (χ2n) is 8.20. The summed E-state index contributed by atoms with van der Waals surface area (Å²) in [5.74, 6) is -0.0320. The van der Waals surface area contributed by atoms with Crippen molar-refractivity contribution in [3.63, 3.8) is 0 Å². The van der Waals surface area contributed by atoms with Crippen molar-refractivity contribution in [3.05, 3.63) is 79.5 Å². The molecule has 2 aromatic carbocycles. The molecule has 0 bridgehead atoms. The molecule has 0 aliphatic carbocycles. The topological polar surface area (TPSA) is 81.4 Å². The predicted octanol–water partition coefficient (Wildman–Crippen LogP) is 6.47. The van der Waals surface area contributed by atoms with Gasteiger partial charge in [-0.1, -0.05) is 41.8 Å². The van der Waals surface area contributed by atoms with Gasteiger partial charge in [-0.05, 0) is 71.1 Å². The molecular weight excluding hydrogens is 561 g/mol. The van der Waals surface area contributed by atoms with Crippen LogP contribution < -0.4 is 0 Å². The Morgan fingerprint density at radius 2 is 1.82 bits per heavy atom. The average molecular weight is 583 g/mol. The quantitative estimate of drug-likeness (QED) is 0.323. The van der Waals surface area contributed by atoms with Crippen molar-refractivity contribution < 1.29 is 13.8 Å². The van der Waals surface area contributed by atoms with Gasteiger partial charge in [-0.3, -0.25) is 9.59 Å². The Balaban J connectivity index is 1.73. The first kappa shape index (κ1) is 25.1. The molecule has 4 rings (SSSR count). The Kier molecular flexibility index (Phi) is 7.62. The maximum Gasteiger partial charge on any atom is 0.285 e. The van der Waals surface area contributed by atoms with Gasteiger partial charge < -0.3 is 0 Å². The largest absolute Gasteiger partial charge is 0.292 e. The highest BCUT2D eigenvalue weighted by atomic mass is 79.9. The first-order chi connectivity index (χ1) is 16.2. The van der Waals surface area contributed by atoms with Crippen molar-refractivity contribution in [1.82, 2.24) is 9.78 Å². The first-order valence-corrected chi connectivity index (χ1v) is 14.2. The summed E-state index contributed by atoms with van der Waals surface area (Å²) in [7, 11) is -2.59. The minimum Gasteiger partial charge on any atom is -0.292 e. The number of halogens is 3. The molecule has 0 N–H and O–H groups in total. The van der Waals surface area contributed by atoms with Crippen LogP contribution in [0.3, 0.4) is 0 Å². The fourth-order valence-electron chi connectivity index (χ4n) is 4.03. The van der Waals surface area contributed by atoms with E-state index < -0.39 is 15.6 Å². The maximum absolute atomic E-state index is 13.4. The van der Waals surface area contributed by atoms with Gasteiger partial charge in [0, 0.05) is 34.6 Å². The zero-order valence-corrected chi connectivity index (χ0v) is 22.3.